The van der Waals surface area contributed by atoms with E-state index in [2.05, 4.69) is 156 Å². The quantitative estimate of drug-likeness (QED) is 0.191. The fourth-order valence-corrected chi connectivity index (χ4v) is 8.88. The van der Waals surface area contributed by atoms with Crippen molar-refractivity contribution in [2.75, 3.05) is 0 Å². The van der Waals surface area contributed by atoms with Gasteiger partial charge >= 0.3 is 0 Å². The lowest BCUT2D eigenvalue weighted by molar-refractivity contribution is 0.272. The van der Waals surface area contributed by atoms with Gasteiger partial charge in [-0.05, 0) is 84.7 Å². The van der Waals surface area contributed by atoms with Gasteiger partial charge in [0.2, 0.25) is 0 Å². The number of aromatic nitrogens is 2. The molecule has 1 saturated carbocycles. The van der Waals surface area contributed by atoms with Crippen LogP contribution in [-0.2, 0) is 5.41 Å². The number of para-hydroxylation sites is 3. The first-order valence-electron chi connectivity index (χ1n) is 17.1. The van der Waals surface area contributed by atoms with Crippen LogP contribution in [0.1, 0.15) is 57.1 Å². The van der Waals surface area contributed by atoms with Crippen LogP contribution in [0, 0.1) is 11.8 Å². The maximum atomic E-state index is 2.48. The van der Waals surface area contributed by atoms with Crippen molar-refractivity contribution in [2.24, 2.45) is 11.8 Å². The minimum atomic E-state index is 0.0160. The summed E-state index contributed by atoms with van der Waals surface area (Å²) in [6, 6.07) is 45.7. The van der Waals surface area contributed by atoms with E-state index in [0.717, 1.165) is 6.42 Å². The molecule has 2 aromatic heterocycles. The van der Waals surface area contributed by atoms with E-state index in [4.69, 9.17) is 0 Å². The molecular weight excluding hydrogens is 556 g/mol. The highest BCUT2D eigenvalue weighted by Gasteiger charge is 2.38. The van der Waals surface area contributed by atoms with Gasteiger partial charge in [0, 0.05) is 38.2 Å². The maximum absolute atomic E-state index is 2.48. The summed E-state index contributed by atoms with van der Waals surface area (Å²) in [6.45, 7) is 4.77. The Morgan fingerprint density at radius 3 is 1.70 bits per heavy atom. The van der Waals surface area contributed by atoms with Crippen molar-refractivity contribution in [3.05, 3.63) is 143 Å². The molecule has 1 fully saturated rings. The zero-order chi connectivity index (χ0) is 30.8. The molecular formula is C44H40N2. The normalized spacial score (nSPS) is 21.3. The third-order valence-corrected chi connectivity index (χ3v) is 11.0. The molecule has 5 aromatic carbocycles. The van der Waals surface area contributed by atoms with Crippen molar-refractivity contribution >= 4 is 44.9 Å². The van der Waals surface area contributed by atoms with E-state index in [0.29, 0.717) is 11.8 Å². The summed E-state index contributed by atoms with van der Waals surface area (Å²) in [4.78, 5) is 0. The van der Waals surface area contributed by atoms with Crippen LogP contribution < -0.4 is 10.6 Å². The lowest BCUT2D eigenvalue weighted by Crippen LogP contribution is -2.34. The van der Waals surface area contributed by atoms with Crippen LogP contribution in [0.2, 0.25) is 0 Å². The highest BCUT2D eigenvalue weighted by atomic mass is 15.0. The van der Waals surface area contributed by atoms with E-state index >= 15 is 0 Å². The SMILES string of the molecule is CC1C=c2c(c3ccccc3n2-c2ccc(C3(c4ccc(-n5c6ccccc6c6ccccc65)cc4)CCCC(C)C3)cc2)=CC1. The van der Waals surface area contributed by atoms with Gasteiger partial charge in [0.25, 0.3) is 0 Å². The van der Waals surface area contributed by atoms with Crippen LogP contribution >= 0.6 is 0 Å². The van der Waals surface area contributed by atoms with Gasteiger partial charge in [-0.2, -0.15) is 0 Å². The summed E-state index contributed by atoms with van der Waals surface area (Å²) < 4.78 is 4.91. The van der Waals surface area contributed by atoms with Crippen LogP contribution in [0.3, 0.4) is 0 Å². The van der Waals surface area contributed by atoms with Crippen LogP contribution in [0.25, 0.3) is 56.2 Å². The molecule has 7 aromatic rings. The molecule has 2 nitrogen and oxygen atoms in total. The fraction of sp³-hybridized carbons (Fsp3) is 0.227. The van der Waals surface area contributed by atoms with Crippen molar-refractivity contribution in [1.29, 1.82) is 0 Å². The molecule has 0 radical (unpaired) electrons. The number of nitrogens with zero attached hydrogens (tertiary/aromatic N) is 2. The molecule has 0 spiro atoms. The Hall–Kier alpha value is -4.82. The van der Waals surface area contributed by atoms with Gasteiger partial charge in [0.05, 0.1) is 21.9 Å². The minimum absolute atomic E-state index is 0.0160. The van der Waals surface area contributed by atoms with Crippen molar-refractivity contribution < 1.29 is 0 Å². The van der Waals surface area contributed by atoms with Crippen LogP contribution in [0.15, 0.2) is 121 Å². The van der Waals surface area contributed by atoms with Gasteiger partial charge in [0.1, 0.15) is 0 Å². The van der Waals surface area contributed by atoms with E-state index in [-0.39, 0.29) is 5.41 Å². The molecule has 0 saturated heterocycles. The third-order valence-electron chi connectivity index (χ3n) is 11.0. The molecule has 3 atom stereocenters. The lowest BCUT2D eigenvalue weighted by Gasteiger charge is -2.41. The zero-order valence-corrected chi connectivity index (χ0v) is 26.8. The smallest absolute Gasteiger partial charge is 0.0541 e. The Morgan fingerprint density at radius 1 is 0.587 bits per heavy atom. The number of rotatable bonds is 4. The second-order valence-corrected chi connectivity index (χ2v) is 14.0. The fourth-order valence-electron chi connectivity index (χ4n) is 8.88. The second-order valence-electron chi connectivity index (χ2n) is 14.0. The van der Waals surface area contributed by atoms with E-state index < -0.39 is 0 Å². The Kier molecular flexibility index (Phi) is 6.35. The molecule has 2 heterocycles. The highest BCUT2D eigenvalue weighted by Crippen LogP contribution is 2.47. The van der Waals surface area contributed by atoms with Crippen LogP contribution in [0.4, 0.5) is 0 Å². The average molecular weight is 597 g/mol. The molecule has 9 rings (SSSR count). The Balaban J connectivity index is 1.15. The summed E-state index contributed by atoms with van der Waals surface area (Å²) in [6.07, 6.45) is 11.0. The maximum Gasteiger partial charge on any atom is 0.0541 e. The first-order chi connectivity index (χ1) is 22.6. The lowest BCUT2D eigenvalue weighted by atomic mass is 9.62. The summed E-state index contributed by atoms with van der Waals surface area (Å²) >= 11 is 0. The summed E-state index contributed by atoms with van der Waals surface area (Å²) in [7, 11) is 0. The number of fused-ring (bicyclic) bond motifs is 6. The molecule has 46 heavy (non-hydrogen) atoms. The monoisotopic (exact) mass is 596 g/mol. The van der Waals surface area contributed by atoms with E-state index in [1.807, 2.05) is 0 Å². The third kappa shape index (κ3) is 4.16. The number of hydrogen-bond donors (Lipinski definition) is 0. The molecule has 0 aliphatic heterocycles. The average Bonchev–Trinajstić information content (AvgIpc) is 3.61. The predicted octanol–water partition coefficient (Wildman–Crippen LogP) is 9.82. The molecule has 0 amide bonds. The van der Waals surface area contributed by atoms with Gasteiger partial charge in [-0.1, -0.05) is 118 Å². The van der Waals surface area contributed by atoms with Crippen molar-refractivity contribution in [1.82, 2.24) is 9.13 Å². The van der Waals surface area contributed by atoms with E-state index in [1.165, 1.54) is 91.5 Å². The van der Waals surface area contributed by atoms with E-state index in [1.54, 1.807) is 0 Å². The zero-order valence-electron chi connectivity index (χ0n) is 26.8. The molecule has 2 aliphatic carbocycles. The molecule has 3 unspecified atom stereocenters. The van der Waals surface area contributed by atoms with Gasteiger partial charge in [-0.3, -0.25) is 0 Å². The van der Waals surface area contributed by atoms with Gasteiger partial charge in [0.15, 0.2) is 0 Å². The number of benzene rings is 5. The molecule has 0 bridgehead atoms. The van der Waals surface area contributed by atoms with Crippen molar-refractivity contribution in [3.63, 3.8) is 0 Å². The standard InChI is InChI=1S/C44H40N2/c1-30-17-26-39-38-13-5-8-16-42(38)46(43(39)28-30)35-24-20-33(21-25-35)44(27-9-10-31(2)29-44)32-18-22-34(23-19-32)45-40-14-6-3-11-36(40)37-12-4-7-15-41(37)45/h3-8,11-16,18-26,28,30-31H,9-10,17,27,29H2,1-2H3. The van der Waals surface area contributed by atoms with Crippen LogP contribution in [0.5, 0.6) is 0 Å². The predicted molar refractivity (Wildman–Crippen MR) is 194 cm³/mol. The largest absolute Gasteiger partial charge is 0.310 e. The Morgan fingerprint density at radius 2 is 1.11 bits per heavy atom. The Labute approximate surface area is 270 Å². The van der Waals surface area contributed by atoms with Gasteiger partial charge < -0.3 is 9.13 Å². The molecule has 2 heteroatoms. The summed E-state index contributed by atoms with van der Waals surface area (Å²) in [5, 5.41) is 6.70. The summed E-state index contributed by atoms with van der Waals surface area (Å²) in [5.74, 6) is 1.24. The molecule has 0 N–H and O–H groups in total. The van der Waals surface area contributed by atoms with Crippen molar-refractivity contribution in [3.8, 4) is 11.4 Å². The first-order valence-corrected chi connectivity index (χ1v) is 17.1. The minimum Gasteiger partial charge on any atom is -0.310 e. The topological polar surface area (TPSA) is 9.86 Å². The van der Waals surface area contributed by atoms with E-state index in [9.17, 15) is 0 Å². The van der Waals surface area contributed by atoms with Crippen molar-refractivity contribution in [2.45, 2.75) is 51.4 Å². The van der Waals surface area contributed by atoms with Gasteiger partial charge in [-0.15, -0.1) is 0 Å². The second kappa shape index (κ2) is 10.6. The first kappa shape index (κ1) is 27.5. The van der Waals surface area contributed by atoms with Gasteiger partial charge in [-0.25, -0.2) is 0 Å². The summed E-state index contributed by atoms with van der Waals surface area (Å²) in [5.41, 5.74) is 9.20. The number of hydrogen-bond acceptors (Lipinski definition) is 0. The molecule has 226 valence electrons. The Bertz CT molecular complexity index is 2310. The van der Waals surface area contributed by atoms with Crippen LogP contribution in [-0.4, -0.2) is 9.13 Å². The molecule has 2 aliphatic rings. The highest BCUT2D eigenvalue weighted by molar-refractivity contribution is 6.09.